The Morgan fingerprint density at radius 2 is 1.70 bits per heavy atom. The topological polar surface area (TPSA) is 82.2 Å². The van der Waals surface area contributed by atoms with Gasteiger partial charge in [-0.25, -0.2) is 14.1 Å². The van der Waals surface area contributed by atoms with Gasteiger partial charge in [-0.15, -0.1) is 0 Å². The first-order valence-electron chi connectivity index (χ1n) is 12.1. The molecule has 8 nitrogen and oxygen atoms in total. The van der Waals surface area contributed by atoms with Crippen LogP contribution in [0.3, 0.4) is 0 Å². The maximum absolute atomic E-state index is 15.2. The summed E-state index contributed by atoms with van der Waals surface area (Å²) in [6.07, 6.45) is -0.0255. The van der Waals surface area contributed by atoms with E-state index in [9.17, 15) is 14.4 Å². The van der Waals surface area contributed by atoms with Crippen molar-refractivity contribution in [3.63, 3.8) is 0 Å². The number of hydrogen-bond donors (Lipinski definition) is 1. The molecule has 1 N–H and O–H groups in total. The van der Waals surface area contributed by atoms with Gasteiger partial charge in [0.15, 0.2) is 5.41 Å². The number of para-hydroxylation sites is 4. The van der Waals surface area contributed by atoms with Gasteiger partial charge in [-0.2, -0.15) is 0 Å². The fourth-order valence-corrected chi connectivity index (χ4v) is 5.94. The number of halogens is 1. The first-order valence-corrected chi connectivity index (χ1v) is 12.1. The zero-order valence-corrected chi connectivity index (χ0v) is 20.2. The quantitative estimate of drug-likeness (QED) is 0.556. The van der Waals surface area contributed by atoms with Gasteiger partial charge in [-0.3, -0.25) is 14.9 Å². The summed E-state index contributed by atoms with van der Waals surface area (Å²) in [7, 11) is 1.59. The minimum absolute atomic E-state index is 0.0255. The molecular formula is C28H25FN4O4. The maximum atomic E-state index is 15.2. The van der Waals surface area contributed by atoms with E-state index in [1.54, 1.807) is 49.6 Å². The van der Waals surface area contributed by atoms with Crippen molar-refractivity contribution in [2.75, 3.05) is 41.4 Å². The van der Waals surface area contributed by atoms with Gasteiger partial charge in [-0.05, 0) is 35.9 Å². The van der Waals surface area contributed by atoms with E-state index in [2.05, 4.69) is 10.2 Å². The van der Waals surface area contributed by atoms with E-state index in [1.165, 1.54) is 6.07 Å². The largest absolute Gasteiger partial charge is 0.495 e. The van der Waals surface area contributed by atoms with Gasteiger partial charge in [0.05, 0.1) is 30.2 Å². The predicted octanol–water partition coefficient (Wildman–Crippen LogP) is 3.36. The molecule has 0 saturated carbocycles. The maximum Gasteiger partial charge on any atom is 0.335 e. The lowest BCUT2D eigenvalue weighted by Gasteiger charge is -2.55. The highest BCUT2D eigenvalue weighted by molar-refractivity contribution is 6.30. The van der Waals surface area contributed by atoms with Gasteiger partial charge in [0, 0.05) is 26.1 Å². The normalized spacial score (nSPS) is 23.0. The SMILES string of the molecule is COc1ccccc1N1CCN2c3c(F)cccc3C[C@]3(C(=O)NC(=O)N(c4ccccc4)C3=O)[C@H]2C1. The van der Waals surface area contributed by atoms with Gasteiger partial charge < -0.3 is 14.5 Å². The lowest BCUT2D eigenvalue weighted by atomic mass is 9.67. The smallest absolute Gasteiger partial charge is 0.335 e. The van der Waals surface area contributed by atoms with Gasteiger partial charge >= 0.3 is 6.03 Å². The summed E-state index contributed by atoms with van der Waals surface area (Å²) in [5, 5.41) is 2.44. The molecule has 3 aromatic carbocycles. The molecular weight excluding hydrogens is 475 g/mol. The number of carbonyl (C=O) groups is 3. The summed E-state index contributed by atoms with van der Waals surface area (Å²) in [4.78, 5) is 45.9. The van der Waals surface area contributed by atoms with Crippen LogP contribution in [0.4, 0.5) is 26.2 Å². The Hall–Kier alpha value is -4.40. The summed E-state index contributed by atoms with van der Waals surface area (Å²) in [6.45, 7) is 1.15. The molecule has 3 heterocycles. The van der Waals surface area contributed by atoms with Crippen molar-refractivity contribution in [3.05, 3.63) is 84.2 Å². The highest BCUT2D eigenvalue weighted by atomic mass is 19.1. The van der Waals surface area contributed by atoms with Crippen molar-refractivity contribution in [2.45, 2.75) is 12.5 Å². The molecule has 2 fully saturated rings. The van der Waals surface area contributed by atoms with Crippen molar-refractivity contribution in [2.24, 2.45) is 5.41 Å². The molecule has 3 aliphatic rings. The Kier molecular flexibility index (Phi) is 5.36. The van der Waals surface area contributed by atoms with Gasteiger partial charge in [0.2, 0.25) is 5.91 Å². The van der Waals surface area contributed by atoms with E-state index in [0.29, 0.717) is 35.8 Å². The number of barbiturate groups is 1. The number of fused-ring (bicyclic) bond motifs is 4. The average Bonchev–Trinajstić information content (AvgIpc) is 2.92. The Balaban J connectivity index is 1.51. The van der Waals surface area contributed by atoms with E-state index in [-0.39, 0.29) is 13.0 Å². The van der Waals surface area contributed by atoms with Crippen molar-refractivity contribution in [1.82, 2.24) is 5.32 Å². The second kappa shape index (κ2) is 8.62. The molecule has 4 amide bonds. The molecule has 9 heteroatoms. The van der Waals surface area contributed by atoms with Crippen molar-refractivity contribution in [1.29, 1.82) is 0 Å². The number of amides is 4. The summed E-state index contributed by atoms with van der Waals surface area (Å²) in [5.74, 6) is -1.02. The molecule has 1 spiro atoms. The molecule has 0 unspecified atom stereocenters. The number of methoxy groups -OCH3 is 1. The number of nitrogens with zero attached hydrogens (tertiary/aromatic N) is 3. The Morgan fingerprint density at radius 1 is 0.946 bits per heavy atom. The van der Waals surface area contributed by atoms with Crippen LogP contribution >= 0.6 is 0 Å². The van der Waals surface area contributed by atoms with E-state index < -0.39 is 35.1 Å². The van der Waals surface area contributed by atoms with Crippen LogP contribution in [0.15, 0.2) is 72.8 Å². The molecule has 3 aromatic rings. The highest BCUT2D eigenvalue weighted by Gasteiger charge is 2.63. The van der Waals surface area contributed by atoms with E-state index in [0.717, 1.165) is 10.6 Å². The van der Waals surface area contributed by atoms with E-state index in [4.69, 9.17) is 4.74 Å². The van der Waals surface area contributed by atoms with Crippen LogP contribution < -0.4 is 24.8 Å². The summed E-state index contributed by atoms with van der Waals surface area (Å²) in [5.41, 5.74) is 0.504. The minimum Gasteiger partial charge on any atom is -0.495 e. The number of urea groups is 1. The van der Waals surface area contributed by atoms with Crippen LogP contribution in [0.25, 0.3) is 0 Å². The molecule has 0 aromatic heterocycles. The second-order valence-electron chi connectivity index (χ2n) is 9.46. The summed E-state index contributed by atoms with van der Waals surface area (Å²) < 4.78 is 20.8. The van der Waals surface area contributed by atoms with Gasteiger partial charge in [0.1, 0.15) is 11.6 Å². The summed E-state index contributed by atoms with van der Waals surface area (Å²) >= 11 is 0. The number of benzene rings is 3. The molecule has 6 rings (SSSR count). The zero-order valence-electron chi connectivity index (χ0n) is 20.2. The van der Waals surface area contributed by atoms with Crippen LogP contribution in [-0.4, -0.2) is 50.6 Å². The number of piperazine rings is 1. The van der Waals surface area contributed by atoms with Crippen LogP contribution in [0.2, 0.25) is 0 Å². The average molecular weight is 501 g/mol. The lowest BCUT2D eigenvalue weighted by molar-refractivity contribution is -0.144. The molecule has 188 valence electrons. The van der Waals surface area contributed by atoms with Crippen LogP contribution in [0.1, 0.15) is 5.56 Å². The number of nitrogens with one attached hydrogen (secondary N) is 1. The molecule has 0 bridgehead atoms. The highest BCUT2D eigenvalue weighted by Crippen LogP contribution is 2.48. The van der Waals surface area contributed by atoms with Crippen LogP contribution in [-0.2, 0) is 16.0 Å². The lowest BCUT2D eigenvalue weighted by Crippen LogP contribution is -2.75. The summed E-state index contributed by atoms with van der Waals surface area (Å²) in [6, 6.07) is 19.2. The third-order valence-corrected chi connectivity index (χ3v) is 7.63. The van der Waals surface area contributed by atoms with Crippen molar-refractivity contribution in [3.8, 4) is 5.75 Å². The number of hydrogen-bond acceptors (Lipinski definition) is 6. The standard InChI is InChI=1S/C28H25FN4O4/c1-37-22-13-6-5-12-21(22)31-14-15-32-23(17-31)28(16-18-8-7-11-20(29)24(18)32)25(34)30-27(36)33(26(28)35)19-9-3-2-4-10-19/h2-13,23H,14-17H2,1H3,(H,30,34,36)/t23-,28-/m1/s1. The Bertz CT molecular complexity index is 1410. The third kappa shape index (κ3) is 3.37. The van der Waals surface area contributed by atoms with Crippen LogP contribution in [0.5, 0.6) is 5.75 Å². The molecule has 37 heavy (non-hydrogen) atoms. The number of rotatable bonds is 3. The number of imide groups is 2. The van der Waals surface area contributed by atoms with Crippen LogP contribution in [0, 0.1) is 11.2 Å². The molecule has 3 aliphatic heterocycles. The number of carbonyl (C=O) groups excluding carboxylic acids is 3. The zero-order chi connectivity index (χ0) is 25.7. The molecule has 0 aliphatic carbocycles. The predicted molar refractivity (Wildman–Crippen MR) is 136 cm³/mol. The van der Waals surface area contributed by atoms with Gasteiger partial charge in [0.25, 0.3) is 5.91 Å². The third-order valence-electron chi connectivity index (χ3n) is 7.63. The monoisotopic (exact) mass is 500 g/mol. The van der Waals surface area contributed by atoms with E-state index >= 15 is 4.39 Å². The second-order valence-corrected chi connectivity index (χ2v) is 9.46. The molecule has 2 saturated heterocycles. The molecule has 0 radical (unpaired) electrons. The fraction of sp³-hybridized carbons (Fsp3) is 0.250. The fourth-order valence-electron chi connectivity index (χ4n) is 5.94. The first kappa shape index (κ1) is 23.0. The number of ether oxygens (including phenoxy) is 1. The first-order chi connectivity index (χ1) is 18.0. The van der Waals surface area contributed by atoms with Gasteiger partial charge in [-0.1, -0.05) is 42.5 Å². The van der Waals surface area contributed by atoms with Crippen molar-refractivity contribution < 1.29 is 23.5 Å². The van der Waals surface area contributed by atoms with E-state index in [1.807, 2.05) is 29.2 Å². The van der Waals surface area contributed by atoms with Crippen molar-refractivity contribution >= 4 is 34.9 Å². The number of anilines is 3. The molecule has 2 atom stereocenters. The minimum atomic E-state index is -1.65. The Labute approximate surface area is 213 Å². The Morgan fingerprint density at radius 3 is 2.49 bits per heavy atom.